The molecule has 5 rings (SSSR count). The number of nitrogens with zero attached hydrogens (tertiary/aromatic N) is 1. The lowest BCUT2D eigenvalue weighted by atomic mass is 10.1. The summed E-state index contributed by atoms with van der Waals surface area (Å²) >= 11 is 1.67. The fourth-order valence-electron chi connectivity index (χ4n) is 3.24. The van der Waals surface area contributed by atoms with Crippen molar-refractivity contribution in [2.75, 3.05) is 5.32 Å². The topological polar surface area (TPSA) is 51.2 Å². The number of para-hydroxylation sites is 2. The van der Waals surface area contributed by atoms with Crippen molar-refractivity contribution >= 4 is 33.1 Å². The van der Waals surface area contributed by atoms with Crippen molar-refractivity contribution in [2.45, 2.75) is 12.5 Å². The first kappa shape index (κ1) is 16.0. The number of fused-ring (bicyclic) bond motifs is 2. The van der Waals surface area contributed by atoms with Crippen LogP contribution in [0.2, 0.25) is 0 Å². The van der Waals surface area contributed by atoms with Crippen LogP contribution < -0.4 is 10.1 Å². The number of thiazole rings is 1. The quantitative estimate of drug-likeness (QED) is 0.556. The highest BCUT2D eigenvalue weighted by Crippen LogP contribution is 2.31. The van der Waals surface area contributed by atoms with E-state index in [2.05, 4.69) is 16.4 Å². The Labute approximate surface area is 160 Å². The lowest BCUT2D eigenvalue weighted by Crippen LogP contribution is -2.31. The van der Waals surface area contributed by atoms with Crippen molar-refractivity contribution in [1.29, 1.82) is 0 Å². The van der Waals surface area contributed by atoms with Crippen molar-refractivity contribution in [3.8, 4) is 16.3 Å². The van der Waals surface area contributed by atoms with E-state index in [1.54, 1.807) is 11.3 Å². The zero-order valence-corrected chi connectivity index (χ0v) is 15.2. The molecule has 27 heavy (non-hydrogen) atoms. The van der Waals surface area contributed by atoms with Crippen LogP contribution in [0.5, 0.6) is 5.75 Å². The summed E-state index contributed by atoms with van der Waals surface area (Å²) in [5.41, 5.74) is 3.87. The third-order valence-corrected chi connectivity index (χ3v) is 5.72. The average Bonchev–Trinajstić information content (AvgIpc) is 3.32. The van der Waals surface area contributed by atoms with Gasteiger partial charge in [-0.05, 0) is 48.0 Å². The van der Waals surface area contributed by atoms with Gasteiger partial charge in [0.05, 0.1) is 10.2 Å². The molecule has 0 saturated carbocycles. The highest BCUT2D eigenvalue weighted by molar-refractivity contribution is 7.21. The molecule has 1 aromatic heterocycles. The molecule has 1 aliphatic rings. The Morgan fingerprint density at radius 1 is 1.00 bits per heavy atom. The number of benzene rings is 3. The van der Waals surface area contributed by atoms with E-state index in [0.717, 1.165) is 33.1 Å². The third-order valence-electron chi connectivity index (χ3n) is 4.63. The van der Waals surface area contributed by atoms with E-state index in [0.29, 0.717) is 6.42 Å². The number of nitrogens with one attached hydrogen (secondary N) is 1. The van der Waals surface area contributed by atoms with Crippen LogP contribution in [0.25, 0.3) is 20.8 Å². The van der Waals surface area contributed by atoms with E-state index < -0.39 is 6.10 Å². The normalized spacial score (nSPS) is 15.3. The maximum absolute atomic E-state index is 12.5. The Bertz CT molecular complexity index is 1080. The summed E-state index contributed by atoms with van der Waals surface area (Å²) in [6, 6.07) is 23.7. The predicted octanol–water partition coefficient (Wildman–Crippen LogP) is 4.91. The van der Waals surface area contributed by atoms with E-state index in [-0.39, 0.29) is 5.91 Å². The number of hydrogen-bond donors (Lipinski definition) is 1. The Morgan fingerprint density at radius 2 is 1.78 bits per heavy atom. The molecule has 0 spiro atoms. The van der Waals surface area contributed by atoms with Crippen molar-refractivity contribution in [2.24, 2.45) is 0 Å². The second-order valence-electron chi connectivity index (χ2n) is 6.47. The standard InChI is InChI=1S/C22H16N2O2S/c25-21(19-13-15-5-1-3-7-18(15)26-19)23-16-11-9-14(10-12-16)22-24-17-6-2-4-8-20(17)27-22/h1-12,19H,13H2,(H,23,25)/t19-/m0/s1. The minimum Gasteiger partial charge on any atom is -0.480 e. The molecule has 0 fully saturated rings. The van der Waals surface area contributed by atoms with Crippen LogP contribution in [-0.4, -0.2) is 17.0 Å². The molecule has 4 nitrogen and oxygen atoms in total. The van der Waals surface area contributed by atoms with Gasteiger partial charge >= 0.3 is 0 Å². The van der Waals surface area contributed by atoms with Gasteiger partial charge in [-0.1, -0.05) is 30.3 Å². The molecule has 4 aromatic rings. The molecular formula is C22H16N2O2S. The summed E-state index contributed by atoms with van der Waals surface area (Å²) in [6.45, 7) is 0. The SMILES string of the molecule is O=C(Nc1ccc(-c2nc3ccccc3s2)cc1)[C@@H]1Cc2ccccc2O1. The number of aromatic nitrogens is 1. The molecule has 1 amide bonds. The van der Waals surface area contributed by atoms with Gasteiger partial charge in [-0.2, -0.15) is 0 Å². The molecule has 0 aliphatic carbocycles. The maximum atomic E-state index is 12.5. The molecule has 0 saturated heterocycles. The van der Waals surface area contributed by atoms with Gasteiger partial charge in [0.15, 0.2) is 6.10 Å². The van der Waals surface area contributed by atoms with E-state index in [4.69, 9.17) is 4.74 Å². The van der Waals surface area contributed by atoms with Crippen LogP contribution in [-0.2, 0) is 11.2 Å². The first-order chi connectivity index (χ1) is 13.3. The second kappa shape index (κ2) is 6.52. The van der Waals surface area contributed by atoms with Gasteiger partial charge in [-0.3, -0.25) is 4.79 Å². The number of hydrogen-bond acceptors (Lipinski definition) is 4. The van der Waals surface area contributed by atoms with E-state index in [1.807, 2.05) is 66.7 Å². The minimum absolute atomic E-state index is 0.126. The van der Waals surface area contributed by atoms with Crippen molar-refractivity contribution in [3.63, 3.8) is 0 Å². The summed E-state index contributed by atoms with van der Waals surface area (Å²) in [5.74, 6) is 0.669. The summed E-state index contributed by atoms with van der Waals surface area (Å²) < 4.78 is 6.92. The fourth-order valence-corrected chi connectivity index (χ4v) is 4.21. The van der Waals surface area contributed by atoms with Gasteiger partial charge in [0.2, 0.25) is 0 Å². The lowest BCUT2D eigenvalue weighted by molar-refractivity contribution is -0.122. The van der Waals surface area contributed by atoms with Gasteiger partial charge in [0.1, 0.15) is 10.8 Å². The van der Waals surface area contributed by atoms with Gasteiger partial charge in [-0.25, -0.2) is 4.98 Å². The van der Waals surface area contributed by atoms with E-state index in [1.165, 1.54) is 4.70 Å². The first-order valence-corrected chi connectivity index (χ1v) is 9.59. The minimum atomic E-state index is -0.480. The van der Waals surface area contributed by atoms with Gasteiger partial charge in [0.25, 0.3) is 5.91 Å². The molecule has 0 radical (unpaired) electrons. The van der Waals surface area contributed by atoms with Crippen molar-refractivity contribution in [3.05, 3.63) is 78.4 Å². The highest BCUT2D eigenvalue weighted by Gasteiger charge is 2.28. The molecule has 3 aromatic carbocycles. The average molecular weight is 372 g/mol. The summed E-state index contributed by atoms with van der Waals surface area (Å²) in [6.07, 6.45) is 0.123. The van der Waals surface area contributed by atoms with Crippen molar-refractivity contribution < 1.29 is 9.53 Å². The van der Waals surface area contributed by atoms with Gasteiger partial charge in [0, 0.05) is 17.7 Å². The highest BCUT2D eigenvalue weighted by atomic mass is 32.1. The zero-order valence-electron chi connectivity index (χ0n) is 14.4. The number of carbonyl (C=O) groups is 1. The van der Waals surface area contributed by atoms with Crippen LogP contribution in [0.3, 0.4) is 0 Å². The Morgan fingerprint density at radius 3 is 2.59 bits per heavy atom. The molecular weight excluding hydrogens is 356 g/mol. The summed E-state index contributed by atoms with van der Waals surface area (Å²) in [7, 11) is 0. The smallest absolute Gasteiger partial charge is 0.265 e. The Balaban J connectivity index is 1.30. The van der Waals surface area contributed by atoms with Gasteiger partial charge in [-0.15, -0.1) is 11.3 Å². The van der Waals surface area contributed by atoms with Crippen LogP contribution >= 0.6 is 11.3 Å². The monoisotopic (exact) mass is 372 g/mol. The zero-order chi connectivity index (χ0) is 18.2. The summed E-state index contributed by atoms with van der Waals surface area (Å²) in [5, 5.41) is 3.92. The number of amides is 1. The molecule has 0 unspecified atom stereocenters. The fraction of sp³-hybridized carbons (Fsp3) is 0.0909. The van der Waals surface area contributed by atoms with Crippen molar-refractivity contribution in [1.82, 2.24) is 4.98 Å². The molecule has 1 N–H and O–H groups in total. The second-order valence-corrected chi connectivity index (χ2v) is 7.50. The maximum Gasteiger partial charge on any atom is 0.265 e. The van der Waals surface area contributed by atoms with Crippen LogP contribution in [0.4, 0.5) is 5.69 Å². The van der Waals surface area contributed by atoms with Gasteiger partial charge < -0.3 is 10.1 Å². The molecule has 5 heteroatoms. The number of rotatable bonds is 3. The molecule has 1 aliphatic heterocycles. The Hall–Kier alpha value is -3.18. The van der Waals surface area contributed by atoms with Crippen LogP contribution in [0.15, 0.2) is 72.8 Å². The van der Waals surface area contributed by atoms with E-state index >= 15 is 0 Å². The number of ether oxygens (including phenoxy) is 1. The predicted molar refractivity (Wildman–Crippen MR) is 108 cm³/mol. The number of anilines is 1. The number of carbonyl (C=O) groups excluding carboxylic acids is 1. The van der Waals surface area contributed by atoms with Crippen LogP contribution in [0.1, 0.15) is 5.56 Å². The lowest BCUT2D eigenvalue weighted by Gasteiger charge is -2.11. The molecule has 1 atom stereocenters. The first-order valence-electron chi connectivity index (χ1n) is 8.78. The third kappa shape index (κ3) is 3.06. The molecule has 132 valence electrons. The Kier molecular flexibility index (Phi) is 3.87. The van der Waals surface area contributed by atoms with E-state index in [9.17, 15) is 4.79 Å². The van der Waals surface area contributed by atoms with Crippen LogP contribution in [0, 0.1) is 0 Å². The largest absolute Gasteiger partial charge is 0.480 e. The molecule has 0 bridgehead atoms. The summed E-state index contributed by atoms with van der Waals surface area (Å²) in [4.78, 5) is 17.2. The molecule has 2 heterocycles.